The predicted octanol–water partition coefficient (Wildman–Crippen LogP) is 5.39. The summed E-state index contributed by atoms with van der Waals surface area (Å²) in [5.74, 6) is 0. The molecule has 0 aliphatic rings. The molecule has 1 heteroatoms. The molecular formula is C15H31N. The third-order valence-corrected chi connectivity index (χ3v) is 2.94. The number of hydrogen-bond donors (Lipinski definition) is 0. The van der Waals surface area contributed by atoms with Gasteiger partial charge in [0.05, 0.1) is 0 Å². The fraction of sp³-hybridized carbons (Fsp3) is 0.933. The minimum atomic E-state index is 1.04. The first-order valence-corrected chi connectivity index (χ1v) is 7.25. The minimum Gasteiger partial charge on any atom is -0.295 e. The second-order valence-corrected chi connectivity index (χ2v) is 5.01. The van der Waals surface area contributed by atoms with Crippen LogP contribution in [0.1, 0.15) is 85.0 Å². The quantitative estimate of drug-likeness (QED) is 0.330. The van der Waals surface area contributed by atoms with Crippen LogP contribution in [0, 0.1) is 0 Å². The molecule has 0 N–H and O–H groups in total. The van der Waals surface area contributed by atoms with Gasteiger partial charge in [-0.15, -0.1) is 0 Å². The average Bonchev–Trinajstić information content (AvgIpc) is 2.25. The van der Waals surface area contributed by atoms with Gasteiger partial charge in [0, 0.05) is 12.3 Å². The van der Waals surface area contributed by atoms with Crippen molar-refractivity contribution in [3.05, 3.63) is 0 Å². The highest BCUT2D eigenvalue weighted by molar-refractivity contribution is 5.78. The topological polar surface area (TPSA) is 12.4 Å². The number of rotatable bonds is 11. The van der Waals surface area contributed by atoms with Crippen molar-refractivity contribution in [3.8, 4) is 0 Å². The van der Waals surface area contributed by atoms with Crippen LogP contribution in [0.5, 0.6) is 0 Å². The monoisotopic (exact) mass is 225 g/mol. The van der Waals surface area contributed by atoms with Crippen molar-refractivity contribution in [2.24, 2.45) is 4.99 Å². The van der Waals surface area contributed by atoms with Crippen LogP contribution in [-0.4, -0.2) is 12.3 Å². The van der Waals surface area contributed by atoms with E-state index in [-0.39, 0.29) is 0 Å². The van der Waals surface area contributed by atoms with Crippen LogP contribution < -0.4 is 0 Å². The van der Waals surface area contributed by atoms with Crippen LogP contribution in [0.2, 0.25) is 0 Å². The lowest BCUT2D eigenvalue weighted by Gasteiger charge is -2.01. The van der Waals surface area contributed by atoms with E-state index >= 15 is 0 Å². The van der Waals surface area contributed by atoms with Gasteiger partial charge in [0.25, 0.3) is 0 Å². The van der Waals surface area contributed by atoms with Gasteiger partial charge in [0.1, 0.15) is 0 Å². The van der Waals surface area contributed by atoms with Gasteiger partial charge in [0.2, 0.25) is 0 Å². The Hall–Kier alpha value is -0.330. The van der Waals surface area contributed by atoms with E-state index in [1.807, 2.05) is 0 Å². The van der Waals surface area contributed by atoms with Crippen LogP contribution in [0.4, 0.5) is 0 Å². The van der Waals surface area contributed by atoms with E-state index in [1.54, 1.807) is 0 Å². The molecule has 0 aliphatic carbocycles. The number of nitrogens with zero attached hydrogens (tertiary/aromatic N) is 1. The summed E-state index contributed by atoms with van der Waals surface area (Å²) in [4.78, 5) is 4.41. The summed E-state index contributed by atoms with van der Waals surface area (Å²) in [5, 5.41) is 0. The van der Waals surface area contributed by atoms with Crippen molar-refractivity contribution in [2.75, 3.05) is 6.54 Å². The van der Waals surface area contributed by atoms with Crippen molar-refractivity contribution in [3.63, 3.8) is 0 Å². The molecule has 1 nitrogen and oxygen atoms in total. The first-order valence-electron chi connectivity index (χ1n) is 7.25. The summed E-state index contributed by atoms with van der Waals surface area (Å²) in [6.07, 6.45) is 14.1. The Bertz CT molecular complexity index is 157. The zero-order valence-electron chi connectivity index (χ0n) is 11.7. The van der Waals surface area contributed by atoms with Gasteiger partial charge in [0.15, 0.2) is 0 Å². The molecule has 0 heterocycles. The Labute approximate surface area is 103 Å². The Balaban J connectivity index is 2.96. The molecule has 0 spiro atoms. The second kappa shape index (κ2) is 12.7. The van der Waals surface area contributed by atoms with Crippen molar-refractivity contribution in [1.82, 2.24) is 0 Å². The van der Waals surface area contributed by atoms with Gasteiger partial charge < -0.3 is 0 Å². The number of hydrogen-bond acceptors (Lipinski definition) is 1. The number of unbranched alkanes of at least 4 members (excludes halogenated alkanes) is 9. The molecule has 0 amide bonds. The fourth-order valence-electron chi connectivity index (χ4n) is 1.90. The van der Waals surface area contributed by atoms with E-state index in [0.29, 0.717) is 0 Å². The first kappa shape index (κ1) is 15.7. The van der Waals surface area contributed by atoms with E-state index < -0.39 is 0 Å². The zero-order valence-corrected chi connectivity index (χ0v) is 11.7. The van der Waals surface area contributed by atoms with Gasteiger partial charge in [-0.3, -0.25) is 4.99 Å². The molecule has 0 aromatic heterocycles. The van der Waals surface area contributed by atoms with Crippen LogP contribution in [0.3, 0.4) is 0 Å². The van der Waals surface area contributed by atoms with Crippen molar-refractivity contribution in [1.29, 1.82) is 0 Å². The molecule has 16 heavy (non-hydrogen) atoms. The molecule has 0 atom stereocenters. The van der Waals surface area contributed by atoms with E-state index in [9.17, 15) is 0 Å². The Morgan fingerprint density at radius 2 is 1.12 bits per heavy atom. The highest BCUT2D eigenvalue weighted by Crippen LogP contribution is 2.10. The number of aliphatic imine (C=N–C) groups is 1. The van der Waals surface area contributed by atoms with Crippen molar-refractivity contribution < 1.29 is 0 Å². The fourth-order valence-corrected chi connectivity index (χ4v) is 1.90. The maximum atomic E-state index is 4.41. The van der Waals surface area contributed by atoms with Gasteiger partial charge in [-0.05, 0) is 20.3 Å². The third-order valence-electron chi connectivity index (χ3n) is 2.94. The third kappa shape index (κ3) is 13.7. The molecule has 0 unspecified atom stereocenters. The Kier molecular flexibility index (Phi) is 12.5. The van der Waals surface area contributed by atoms with E-state index in [2.05, 4.69) is 25.8 Å². The van der Waals surface area contributed by atoms with E-state index in [1.165, 1.54) is 69.9 Å². The molecular weight excluding hydrogens is 194 g/mol. The predicted molar refractivity (Wildman–Crippen MR) is 75.5 cm³/mol. The zero-order chi connectivity index (χ0) is 12.1. The minimum absolute atomic E-state index is 1.04. The normalized spacial score (nSPS) is 10.4. The summed E-state index contributed by atoms with van der Waals surface area (Å²) in [6.45, 7) is 7.48. The van der Waals surface area contributed by atoms with Gasteiger partial charge in [-0.25, -0.2) is 0 Å². The van der Waals surface area contributed by atoms with Crippen LogP contribution >= 0.6 is 0 Å². The summed E-state index contributed by atoms with van der Waals surface area (Å²) >= 11 is 0. The molecule has 0 aliphatic heterocycles. The van der Waals surface area contributed by atoms with E-state index in [4.69, 9.17) is 0 Å². The molecule has 96 valence electrons. The largest absolute Gasteiger partial charge is 0.295 e. The Morgan fingerprint density at radius 3 is 1.56 bits per heavy atom. The summed E-state index contributed by atoms with van der Waals surface area (Å²) in [6, 6.07) is 0. The second-order valence-electron chi connectivity index (χ2n) is 5.01. The van der Waals surface area contributed by atoms with Gasteiger partial charge in [-0.1, -0.05) is 64.7 Å². The molecule has 0 radical (unpaired) electrons. The molecule has 0 aromatic carbocycles. The molecule has 0 saturated carbocycles. The van der Waals surface area contributed by atoms with Gasteiger partial charge in [-0.2, -0.15) is 0 Å². The maximum Gasteiger partial charge on any atom is 0.0388 e. The molecule has 0 bridgehead atoms. The summed E-state index contributed by atoms with van der Waals surface area (Å²) < 4.78 is 0. The highest BCUT2D eigenvalue weighted by Gasteiger charge is 1.92. The standard InChI is InChI=1S/C15H31N/c1-4-5-6-7-8-9-10-11-12-13-14-16-15(2)3/h4-14H2,1-3H3. The first-order chi connectivity index (χ1) is 7.77. The SMILES string of the molecule is CCCCCCCCCCCCN=C(C)C. The van der Waals surface area contributed by atoms with Crippen LogP contribution in [-0.2, 0) is 0 Å². The lowest BCUT2D eigenvalue weighted by atomic mass is 10.1. The lowest BCUT2D eigenvalue weighted by molar-refractivity contribution is 0.558. The van der Waals surface area contributed by atoms with E-state index in [0.717, 1.165) is 6.54 Å². The molecule has 0 aromatic rings. The lowest BCUT2D eigenvalue weighted by Crippen LogP contribution is -1.87. The smallest absolute Gasteiger partial charge is 0.0388 e. The summed E-state index contributed by atoms with van der Waals surface area (Å²) in [5.41, 5.74) is 1.22. The molecule has 0 fully saturated rings. The van der Waals surface area contributed by atoms with Crippen LogP contribution in [0.15, 0.2) is 4.99 Å². The molecule has 0 saturated heterocycles. The maximum absolute atomic E-state index is 4.41. The summed E-state index contributed by atoms with van der Waals surface area (Å²) in [7, 11) is 0. The molecule has 0 rings (SSSR count). The van der Waals surface area contributed by atoms with Crippen molar-refractivity contribution >= 4 is 5.71 Å². The van der Waals surface area contributed by atoms with Crippen LogP contribution in [0.25, 0.3) is 0 Å². The van der Waals surface area contributed by atoms with Crippen molar-refractivity contribution in [2.45, 2.75) is 85.0 Å². The average molecular weight is 225 g/mol. The Morgan fingerprint density at radius 1 is 0.688 bits per heavy atom. The van der Waals surface area contributed by atoms with Gasteiger partial charge >= 0.3 is 0 Å². The highest BCUT2D eigenvalue weighted by atomic mass is 14.7.